The van der Waals surface area contributed by atoms with E-state index in [1.807, 2.05) is 6.92 Å². The van der Waals surface area contributed by atoms with Crippen molar-refractivity contribution in [2.24, 2.45) is 10.9 Å². The van der Waals surface area contributed by atoms with Crippen LogP contribution in [0.5, 0.6) is 0 Å². The number of carbonyl (C=O) groups excluding carboxylic acids is 1. The maximum absolute atomic E-state index is 11.6. The second-order valence-electron chi connectivity index (χ2n) is 5.19. The molecular weight excluding hydrogens is 286 g/mol. The highest BCUT2D eigenvalue weighted by Gasteiger charge is 2.27. The molecule has 22 heavy (non-hydrogen) atoms. The van der Waals surface area contributed by atoms with E-state index in [9.17, 15) is 4.79 Å². The van der Waals surface area contributed by atoms with Crippen molar-refractivity contribution in [2.75, 3.05) is 26.7 Å². The average Bonchev–Trinajstić information content (AvgIpc) is 2.96. The summed E-state index contributed by atoms with van der Waals surface area (Å²) < 4.78 is 9.88. The summed E-state index contributed by atoms with van der Waals surface area (Å²) in [5, 5.41) is 7.01. The van der Waals surface area contributed by atoms with E-state index in [4.69, 9.17) is 9.26 Å². The summed E-state index contributed by atoms with van der Waals surface area (Å²) in [5.41, 5.74) is 0. The number of aromatic nitrogens is 2. The Morgan fingerprint density at radius 3 is 2.77 bits per heavy atom. The number of aliphatic imine (C=N–C) groups is 1. The van der Waals surface area contributed by atoms with E-state index in [1.165, 1.54) is 7.11 Å². The molecule has 0 atom stereocenters. The normalized spacial score (nSPS) is 16.7. The molecule has 0 aliphatic carbocycles. The average molecular weight is 309 g/mol. The zero-order valence-corrected chi connectivity index (χ0v) is 13.3. The molecular formula is C14H23N5O3. The Morgan fingerprint density at radius 2 is 2.23 bits per heavy atom. The predicted molar refractivity (Wildman–Crippen MR) is 80.2 cm³/mol. The van der Waals surface area contributed by atoms with Crippen molar-refractivity contribution in [3.05, 3.63) is 11.7 Å². The maximum Gasteiger partial charge on any atom is 0.308 e. The van der Waals surface area contributed by atoms with Gasteiger partial charge in [0.15, 0.2) is 11.8 Å². The van der Waals surface area contributed by atoms with Gasteiger partial charge in [0.05, 0.1) is 13.0 Å². The van der Waals surface area contributed by atoms with Crippen LogP contribution >= 0.6 is 0 Å². The first-order valence-electron chi connectivity index (χ1n) is 7.54. The summed E-state index contributed by atoms with van der Waals surface area (Å²) >= 11 is 0. The lowest BCUT2D eigenvalue weighted by Gasteiger charge is -2.33. The molecule has 0 aromatic carbocycles. The number of ether oxygens (including phenoxy) is 1. The van der Waals surface area contributed by atoms with Gasteiger partial charge in [-0.15, -0.1) is 0 Å². The first-order valence-corrected chi connectivity index (χ1v) is 7.54. The zero-order chi connectivity index (χ0) is 15.9. The Kier molecular flexibility index (Phi) is 5.74. The number of hydrogen-bond donors (Lipinski definition) is 1. The van der Waals surface area contributed by atoms with Crippen LogP contribution < -0.4 is 5.32 Å². The molecule has 1 N–H and O–H groups in total. The molecule has 0 unspecified atom stereocenters. The SMILES string of the molecule is CCNC(=NCc1nc(C)no1)N1CCC(C(=O)OC)CC1. The minimum Gasteiger partial charge on any atom is -0.469 e. The Labute approximate surface area is 129 Å². The van der Waals surface area contributed by atoms with Gasteiger partial charge in [0.1, 0.15) is 6.54 Å². The van der Waals surface area contributed by atoms with Crippen molar-refractivity contribution in [3.63, 3.8) is 0 Å². The van der Waals surface area contributed by atoms with E-state index < -0.39 is 0 Å². The van der Waals surface area contributed by atoms with Crippen molar-refractivity contribution in [1.29, 1.82) is 0 Å². The van der Waals surface area contributed by atoms with Gasteiger partial charge in [0.2, 0.25) is 5.89 Å². The fourth-order valence-electron chi connectivity index (χ4n) is 2.47. The molecule has 0 saturated carbocycles. The van der Waals surface area contributed by atoms with Crippen LogP contribution in [0.2, 0.25) is 0 Å². The largest absolute Gasteiger partial charge is 0.469 e. The minimum atomic E-state index is -0.122. The van der Waals surface area contributed by atoms with Crippen LogP contribution in [0.25, 0.3) is 0 Å². The highest BCUT2D eigenvalue weighted by atomic mass is 16.5. The van der Waals surface area contributed by atoms with Gasteiger partial charge in [-0.25, -0.2) is 4.99 Å². The standard InChI is InChI=1S/C14H23N5O3/c1-4-15-14(16-9-12-17-10(2)18-22-12)19-7-5-11(6-8-19)13(20)21-3/h11H,4-9H2,1-3H3,(H,15,16). The number of guanidine groups is 1. The highest BCUT2D eigenvalue weighted by molar-refractivity contribution is 5.80. The highest BCUT2D eigenvalue weighted by Crippen LogP contribution is 2.18. The van der Waals surface area contributed by atoms with E-state index >= 15 is 0 Å². The van der Waals surface area contributed by atoms with Crippen molar-refractivity contribution in [2.45, 2.75) is 33.2 Å². The third kappa shape index (κ3) is 4.19. The van der Waals surface area contributed by atoms with Gasteiger partial charge in [-0.1, -0.05) is 5.16 Å². The van der Waals surface area contributed by atoms with Crippen LogP contribution in [0.1, 0.15) is 31.5 Å². The van der Waals surface area contributed by atoms with E-state index in [-0.39, 0.29) is 11.9 Å². The number of esters is 1. The van der Waals surface area contributed by atoms with Crippen LogP contribution in [-0.4, -0.2) is 53.7 Å². The van der Waals surface area contributed by atoms with E-state index in [1.54, 1.807) is 6.92 Å². The molecule has 1 fully saturated rings. The molecule has 1 aliphatic rings. The molecule has 122 valence electrons. The molecule has 1 saturated heterocycles. The van der Waals surface area contributed by atoms with Gasteiger partial charge in [0, 0.05) is 19.6 Å². The number of nitrogens with one attached hydrogen (secondary N) is 1. The molecule has 0 spiro atoms. The number of nitrogens with zero attached hydrogens (tertiary/aromatic N) is 4. The van der Waals surface area contributed by atoms with Crippen LogP contribution in [0.3, 0.4) is 0 Å². The molecule has 0 radical (unpaired) electrons. The maximum atomic E-state index is 11.6. The van der Waals surface area contributed by atoms with E-state index in [0.29, 0.717) is 18.3 Å². The third-order valence-corrected chi connectivity index (χ3v) is 3.60. The van der Waals surface area contributed by atoms with Gasteiger partial charge in [-0.05, 0) is 26.7 Å². The van der Waals surface area contributed by atoms with Gasteiger partial charge in [0.25, 0.3) is 0 Å². The van der Waals surface area contributed by atoms with Gasteiger partial charge < -0.3 is 19.5 Å². The van der Waals surface area contributed by atoms with Crippen LogP contribution in [-0.2, 0) is 16.1 Å². The number of carbonyl (C=O) groups is 1. The Bertz CT molecular complexity index is 520. The number of rotatable bonds is 4. The van der Waals surface area contributed by atoms with Gasteiger partial charge >= 0.3 is 5.97 Å². The summed E-state index contributed by atoms with van der Waals surface area (Å²) in [6, 6.07) is 0. The first-order chi connectivity index (χ1) is 10.6. The molecule has 2 heterocycles. The Hall–Kier alpha value is -2.12. The van der Waals surface area contributed by atoms with Crippen molar-refractivity contribution in [1.82, 2.24) is 20.4 Å². The fraction of sp³-hybridized carbons (Fsp3) is 0.714. The van der Waals surface area contributed by atoms with Crippen LogP contribution in [0, 0.1) is 12.8 Å². The molecule has 1 aromatic heterocycles. The minimum absolute atomic E-state index is 0.0114. The lowest BCUT2D eigenvalue weighted by molar-refractivity contribution is -0.146. The molecule has 2 rings (SSSR count). The quantitative estimate of drug-likeness (QED) is 0.498. The van der Waals surface area contributed by atoms with Gasteiger partial charge in [-0.2, -0.15) is 4.98 Å². The van der Waals surface area contributed by atoms with E-state index in [2.05, 4.69) is 25.3 Å². The monoisotopic (exact) mass is 309 g/mol. The molecule has 8 nitrogen and oxygen atoms in total. The number of piperidine rings is 1. The molecule has 0 amide bonds. The lowest BCUT2D eigenvalue weighted by atomic mass is 9.97. The lowest BCUT2D eigenvalue weighted by Crippen LogP contribution is -2.46. The molecule has 1 aromatic rings. The third-order valence-electron chi connectivity index (χ3n) is 3.60. The smallest absolute Gasteiger partial charge is 0.308 e. The van der Waals surface area contributed by atoms with Crippen LogP contribution in [0.4, 0.5) is 0 Å². The summed E-state index contributed by atoms with van der Waals surface area (Å²) in [7, 11) is 1.44. The number of hydrogen-bond acceptors (Lipinski definition) is 6. The number of likely N-dealkylation sites (tertiary alicyclic amines) is 1. The fourth-order valence-corrected chi connectivity index (χ4v) is 2.47. The predicted octanol–water partition coefficient (Wildman–Crippen LogP) is 0.729. The van der Waals surface area contributed by atoms with Crippen molar-refractivity contribution in [3.8, 4) is 0 Å². The van der Waals surface area contributed by atoms with Crippen molar-refractivity contribution >= 4 is 11.9 Å². The van der Waals surface area contributed by atoms with Gasteiger partial charge in [-0.3, -0.25) is 4.79 Å². The van der Waals surface area contributed by atoms with Crippen molar-refractivity contribution < 1.29 is 14.1 Å². The number of aryl methyl sites for hydroxylation is 1. The summed E-state index contributed by atoms with van der Waals surface area (Å²) in [4.78, 5) is 22.4. The topological polar surface area (TPSA) is 92.9 Å². The zero-order valence-electron chi connectivity index (χ0n) is 13.3. The molecule has 1 aliphatic heterocycles. The summed E-state index contributed by atoms with van der Waals surface area (Å²) in [6.45, 7) is 6.47. The van der Waals surface area contributed by atoms with Crippen LogP contribution in [0.15, 0.2) is 9.52 Å². The Balaban J connectivity index is 1.95. The van der Waals surface area contributed by atoms with E-state index in [0.717, 1.165) is 38.4 Å². The molecule has 0 bridgehead atoms. The summed E-state index contributed by atoms with van der Waals surface area (Å²) in [6.07, 6.45) is 1.55. The first kappa shape index (κ1) is 16.3. The second-order valence-corrected chi connectivity index (χ2v) is 5.19. The number of methoxy groups -OCH3 is 1. The molecule has 8 heteroatoms. The summed E-state index contributed by atoms with van der Waals surface area (Å²) in [5.74, 6) is 1.78. The Morgan fingerprint density at radius 1 is 1.50 bits per heavy atom. The second kappa shape index (κ2) is 7.77.